The third-order valence-electron chi connectivity index (χ3n) is 5.03. The van der Waals surface area contributed by atoms with Gasteiger partial charge in [0.15, 0.2) is 16.7 Å². The van der Waals surface area contributed by atoms with E-state index in [1.54, 1.807) is 26.4 Å². The predicted octanol–water partition coefficient (Wildman–Crippen LogP) is 4.21. The van der Waals surface area contributed by atoms with E-state index in [-0.39, 0.29) is 17.9 Å². The number of nitrogens with zero attached hydrogens (tertiary/aromatic N) is 1. The van der Waals surface area contributed by atoms with Gasteiger partial charge in [-0.05, 0) is 35.4 Å². The zero-order chi connectivity index (χ0) is 22.0. The molecule has 2 heterocycles. The Labute approximate surface area is 188 Å². The molecule has 0 unspecified atom stereocenters. The Kier molecular flexibility index (Phi) is 6.20. The maximum absolute atomic E-state index is 13.0. The molecule has 4 rings (SSSR count). The van der Waals surface area contributed by atoms with Gasteiger partial charge in [0.25, 0.3) is 5.56 Å². The number of carbonyl (C=O) groups is 1. The summed E-state index contributed by atoms with van der Waals surface area (Å²) < 4.78 is 10.7. The lowest BCUT2D eigenvalue weighted by Crippen LogP contribution is -2.31. The molecular formula is C22H20ClN3O4S. The quantitative estimate of drug-likeness (QED) is 0.425. The predicted molar refractivity (Wildman–Crippen MR) is 121 cm³/mol. The smallest absolute Gasteiger partial charge is 0.257 e. The number of aromatic amines is 1. The Morgan fingerprint density at radius 2 is 1.84 bits per heavy atom. The van der Waals surface area contributed by atoms with Crippen molar-refractivity contribution >= 4 is 35.1 Å². The number of ether oxygens (including phenoxy) is 2. The van der Waals surface area contributed by atoms with Crippen LogP contribution in [-0.4, -0.2) is 30.1 Å². The summed E-state index contributed by atoms with van der Waals surface area (Å²) in [5, 5.41) is 3.84. The van der Waals surface area contributed by atoms with Gasteiger partial charge in [-0.1, -0.05) is 41.6 Å². The van der Waals surface area contributed by atoms with E-state index in [4.69, 9.17) is 21.1 Å². The molecule has 3 aromatic rings. The van der Waals surface area contributed by atoms with Gasteiger partial charge in [0, 0.05) is 23.1 Å². The van der Waals surface area contributed by atoms with Crippen molar-refractivity contribution in [1.82, 2.24) is 9.97 Å². The zero-order valence-electron chi connectivity index (χ0n) is 16.9. The van der Waals surface area contributed by atoms with Crippen LogP contribution in [0.15, 0.2) is 52.4 Å². The van der Waals surface area contributed by atoms with Gasteiger partial charge < -0.3 is 19.8 Å². The summed E-state index contributed by atoms with van der Waals surface area (Å²) in [6.07, 6.45) is 0.143. The van der Waals surface area contributed by atoms with E-state index in [9.17, 15) is 9.59 Å². The minimum atomic E-state index is -0.435. The Morgan fingerprint density at radius 1 is 1.10 bits per heavy atom. The molecule has 0 aliphatic carbocycles. The van der Waals surface area contributed by atoms with Crippen LogP contribution in [0.5, 0.6) is 11.5 Å². The van der Waals surface area contributed by atoms with Crippen molar-refractivity contribution in [3.05, 3.63) is 74.5 Å². The van der Waals surface area contributed by atoms with Crippen molar-refractivity contribution in [1.29, 1.82) is 0 Å². The van der Waals surface area contributed by atoms with Gasteiger partial charge in [0.2, 0.25) is 5.91 Å². The number of methoxy groups -OCH3 is 2. The summed E-state index contributed by atoms with van der Waals surface area (Å²) in [5.74, 6) is 1.37. The molecule has 2 aromatic carbocycles. The summed E-state index contributed by atoms with van der Waals surface area (Å²) >= 11 is 7.30. The van der Waals surface area contributed by atoms with Gasteiger partial charge in [-0.15, -0.1) is 0 Å². The van der Waals surface area contributed by atoms with E-state index in [0.717, 1.165) is 11.1 Å². The second kappa shape index (κ2) is 9.03. The second-order valence-corrected chi connectivity index (χ2v) is 8.37. The van der Waals surface area contributed by atoms with Gasteiger partial charge in [-0.25, -0.2) is 4.98 Å². The van der Waals surface area contributed by atoms with E-state index in [2.05, 4.69) is 15.3 Å². The highest BCUT2D eigenvalue weighted by Crippen LogP contribution is 2.38. The summed E-state index contributed by atoms with van der Waals surface area (Å²) in [4.78, 5) is 32.7. The lowest BCUT2D eigenvalue weighted by molar-refractivity contribution is -0.116. The number of halogens is 1. The number of benzene rings is 2. The lowest BCUT2D eigenvalue weighted by Gasteiger charge is -2.25. The standard InChI is InChI=1S/C22H20ClN3O4S/c1-29-16-8-5-13(9-17(16)30-2)15-10-18(27)24-20-19(15)21(28)26-22(25-20)31-11-12-3-6-14(23)7-4-12/h3-9,15H,10-11H2,1-2H3,(H2,24,25,26,27,28)/t15-/m0/s1. The topological polar surface area (TPSA) is 93.3 Å². The largest absolute Gasteiger partial charge is 0.493 e. The van der Waals surface area contributed by atoms with Crippen molar-refractivity contribution < 1.29 is 14.3 Å². The average molecular weight is 458 g/mol. The molecule has 1 atom stereocenters. The highest BCUT2D eigenvalue weighted by Gasteiger charge is 2.31. The van der Waals surface area contributed by atoms with Crippen LogP contribution in [-0.2, 0) is 10.5 Å². The first-order valence-electron chi connectivity index (χ1n) is 9.51. The average Bonchev–Trinajstić information content (AvgIpc) is 2.77. The summed E-state index contributed by atoms with van der Waals surface area (Å²) in [6, 6.07) is 12.8. The number of carbonyl (C=O) groups excluding carboxylic acids is 1. The van der Waals surface area contributed by atoms with Gasteiger partial charge in [0.1, 0.15) is 5.82 Å². The minimum absolute atomic E-state index is 0.143. The maximum atomic E-state index is 13.0. The molecule has 0 saturated heterocycles. The molecule has 31 heavy (non-hydrogen) atoms. The molecule has 7 nitrogen and oxygen atoms in total. The number of aromatic nitrogens is 2. The van der Waals surface area contributed by atoms with E-state index >= 15 is 0 Å². The van der Waals surface area contributed by atoms with Crippen LogP contribution in [0.1, 0.15) is 29.0 Å². The molecule has 0 radical (unpaired) electrons. The van der Waals surface area contributed by atoms with Crippen LogP contribution < -0.4 is 20.3 Å². The lowest BCUT2D eigenvalue weighted by atomic mass is 9.86. The molecule has 1 aliphatic rings. The first-order chi connectivity index (χ1) is 15.0. The number of rotatable bonds is 6. The molecule has 1 aliphatic heterocycles. The fourth-order valence-electron chi connectivity index (χ4n) is 3.51. The van der Waals surface area contributed by atoms with E-state index in [0.29, 0.717) is 38.8 Å². The number of hydrogen-bond donors (Lipinski definition) is 2. The van der Waals surface area contributed by atoms with Crippen molar-refractivity contribution in [2.45, 2.75) is 23.2 Å². The summed E-state index contributed by atoms with van der Waals surface area (Å²) in [5.41, 5.74) is 1.98. The van der Waals surface area contributed by atoms with Crippen LogP contribution >= 0.6 is 23.4 Å². The van der Waals surface area contributed by atoms with Gasteiger partial charge in [-0.3, -0.25) is 9.59 Å². The number of anilines is 1. The van der Waals surface area contributed by atoms with Crippen molar-refractivity contribution in [2.24, 2.45) is 0 Å². The number of thioether (sulfide) groups is 1. The van der Waals surface area contributed by atoms with E-state index < -0.39 is 5.92 Å². The highest BCUT2D eigenvalue weighted by molar-refractivity contribution is 7.98. The molecule has 9 heteroatoms. The molecule has 0 fully saturated rings. The normalized spacial score (nSPS) is 15.2. The van der Waals surface area contributed by atoms with Gasteiger partial charge in [-0.2, -0.15) is 0 Å². The highest BCUT2D eigenvalue weighted by atomic mass is 35.5. The Hall–Kier alpha value is -2.97. The molecule has 160 valence electrons. The van der Waals surface area contributed by atoms with Crippen LogP contribution in [0, 0.1) is 0 Å². The minimum Gasteiger partial charge on any atom is -0.493 e. The first kappa shape index (κ1) is 21.3. The van der Waals surface area contributed by atoms with Crippen molar-refractivity contribution in [3.63, 3.8) is 0 Å². The van der Waals surface area contributed by atoms with Crippen LogP contribution in [0.3, 0.4) is 0 Å². The van der Waals surface area contributed by atoms with Crippen molar-refractivity contribution in [3.8, 4) is 11.5 Å². The zero-order valence-corrected chi connectivity index (χ0v) is 18.5. The first-order valence-corrected chi connectivity index (χ1v) is 10.9. The van der Waals surface area contributed by atoms with E-state index in [1.165, 1.54) is 11.8 Å². The Bertz CT molecular complexity index is 1180. The third kappa shape index (κ3) is 4.55. The van der Waals surface area contributed by atoms with Crippen LogP contribution in [0.4, 0.5) is 5.82 Å². The molecular weight excluding hydrogens is 438 g/mol. The van der Waals surface area contributed by atoms with Crippen LogP contribution in [0.2, 0.25) is 5.02 Å². The molecule has 0 spiro atoms. The van der Waals surface area contributed by atoms with E-state index in [1.807, 2.05) is 30.3 Å². The van der Waals surface area contributed by atoms with Crippen molar-refractivity contribution in [2.75, 3.05) is 19.5 Å². The molecule has 0 bridgehead atoms. The Morgan fingerprint density at radius 3 is 2.55 bits per heavy atom. The number of fused-ring (bicyclic) bond motifs is 1. The van der Waals surface area contributed by atoms with Crippen LogP contribution in [0.25, 0.3) is 0 Å². The monoisotopic (exact) mass is 457 g/mol. The molecule has 2 N–H and O–H groups in total. The second-order valence-electron chi connectivity index (χ2n) is 6.97. The maximum Gasteiger partial charge on any atom is 0.257 e. The molecule has 1 aromatic heterocycles. The third-order valence-corrected chi connectivity index (χ3v) is 6.22. The number of nitrogens with one attached hydrogen (secondary N) is 2. The summed E-state index contributed by atoms with van der Waals surface area (Å²) in [7, 11) is 3.10. The summed E-state index contributed by atoms with van der Waals surface area (Å²) in [6.45, 7) is 0. The SMILES string of the molecule is COc1ccc([C@@H]2CC(=O)Nc3nc(SCc4ccc(Cl)cc4)[nH]c(=O)c32)cc1OC. The fourth-order valence-corrected chi connectivity index (χ4v) is 4.45. The van der Waals surface area contributed by atoms with Gasteiger partial charge in [0.05, 0.1) is 19.8 Å². The Balaban J connectivity index is 1.65. The number of amides is 1. The molecule has 1 amide bonds. The number of H-pyrrole nitrogens is 1. The van der Waals surface area contributed by atoms with Gasteiger partial charge >= 0.3 is 0 Å². The number of hydrogen-bond acceptors (Lipinski definition) is 6. The molecule has 0 saturated carbocycles. The fraction of sp³-hybridized carbons (Fsp3) is 0.227.